The number of aromatic hydroxyl groups is 1. The Morgan fingerprint density at radius 2 is 2.16 bits per heavy atom. The van der Waals surface area contributed by atoms with Gasteiger partial charge in [0.15, 0.2) is 0 Å². The molecule has 0 saturated carbocycles. The van der Waals surface area contributed by atoms with Gasteiger partial charge < -0.3 is 19.4 Å². The van der Waals surface area contributed by atoms with Crippen molar-refractivity contribution in [3.05, 3.63) is 69.4 Å². The molecule has 6 heteroatoms. The first kappa shape index (κ1) is 20.6. The molecule has 0 radical (unpaired) electrons. The molecular formula is C26H29N3O3. The lowest BCUT2D eigenvalue weighted by Gasteiger charge is -2.28. The Hall–Kier alpha value is -3.28. The molecule has 0 fully saturated rings. The molecule has 2 aliphatic heterocycles. The van der Waals surface area contributed by atoms with Crippen LogP contribution in [0.1, 0.15) is 62.3 Å². The molecule has 0 spiro atoms. The third-order valence-electron chi connectivity index (χ3n) is 6.72. The van der Waals surface area contributed by atoms with Crippen LogP contribution in [0, 0.1) is 0 Å². The SMILES string of the molecule is C=CC(C)(C)c1[nH]c2c3c(ccc2c1Cc1nc(O)c2n(c1=O)CCC2)OC(C)(C)C=C3. The van der Waals surface area contributed by atoms with E-state index in [-0.39, 0.29) is 22.5 Å². The van der Waals surface area contributed by atoms with Crippen LogP contribution in [-0.2, 0) is 24.8 Å². The maximum atomic E-state index is 13.1. The van der Waals surface area contributed by atoms with Crippen molar-refractivity contribution in [1.82, 2.24) is 14.5 Å². The van der Waals surface area contributed by atoms with E-state index in [1.54, 1.807) is 4.57 Å². The van der Waals surface area contributed by atoms with Crippen molar-refractivity contribution < 1.29 is 9.84 Å². The van der Waals surface area contributed by atoms with E-state index >= 15 is 0 Å². The van der Waals surface area contributed by atoms with Gasteiger partial charge in [-0.05, 0) is 56.5 Å². The first-order chi connectivity index (χ1) is 15.1. The van der Waals surface area contributed by atoms with Gasteiger partial charge in [-0.3, -0.25) is 4.79 Å². The number of ether oxygens (including phenoxy) is 1. The monoisotopic (exact) mass is 431 g/mol. The maximum Gasteiger partial charge on any atom is 0.273 e. The second-order valence-electron chi connectivity index (χ2n) is 9.91. The number of nitrogens with zero attached hydrogens (tertiary/aromatic N) is 2. The lowest BCUT2D eigenvalue weighted by atomic mass is 9.85. The molecule has 166 valence electrons. The molecule has 32 heavy (non-hydrogen) atoms. The predicted octanol–water partition coefficient (Wildman–Crippen LogP) is 4.62. The van der Waals surface area contributed by atoms with E-state index in [2.05, 4.69) is 42.5 Å². The lowest BCUT2D eigenvalue weighted by molar-refractivity contribution is 0.159. The summed E-state index contributed by atoms with van der Waals surface area (Å²) in [6.45, 7) is 12.9. The van der Waals surface area contributed by atoms with Gasteiger partial charge >= 0.3 is 0 Å². The van der Waals surface area contributed by atoms with Gasteiger partial charge in [-0.25, -0.2) is 4.98 Å². The van der Waals surface area contributed by atoms with Crippen molar-refractivity contribution in [3.8, 4) is 11.6 Å². The second-order valence-corrected chi connectivity index (χ2v) is 9.91. The first-order valence-electron chi connectivity index (χ1n) is 11.1. The molecule has 0 atom stereocenters. The van der Waals surface area contributed by atoms with Gasteiger partial charge in [-0.2, -0.15) is 0 Å². The molecule has 0 saturated heterocycles. The van der Waals surface area contributed by atoms with Crippen LogP contribution < -0.4 is 10.3 Å². The average Bonchev–Trinajstić information content (AvgIpc) is 3.37. The van der Waals surface area contributed by atoms with E-state index in [0.717, 1.165) is 39.9 Å². The fourth-order valence-electron chi connectivity index (χ4n) is 4.82. The summed E-state index contributed by atoms with van der Waals surface area (Å²) in [6.07, 6.45) is 7.92. The zero-order chi connectivity index (χ0) is 22.8. The largest absolute Gasteiger partial charge is 0.492 e. The zero-order valence-corrected chi connectivity index (χ0v) is 19.1. The minimum atomic E-state index is -0.361. The van der Waals surface area contributed by atoms with Crippen LogP contribution in [0.3, 0.4) is 0 Å². The molecule has 2 aromatic heterocycles. The van der Waals surface area contributed by atoms with Crippen molar-refractivity contribution in [2.45, 2.75) is 64.5 Å². The Balaban J connectivity index is 1.73. The summed E-state index contributed by atoms with van der Waals surface area (Å²) in [5, 5.41) is 11.5. The number of aromatic amines is 1. The molecule has 6 nitrogen and oxygen atoms in total. The van der Waals surface area contributed by atoms with Crippen molar-refractivity contribution >= 4 is 17.0 Å². The summed E-state index contributed by atoms with van der Waals surface area (Å²) in [4.78, 5) is 21.1. The highest BCUT2D eigenvalue weighted by molar-refractivity contribution is 5.95. The summed E-state index contributed by atoms with van der Waals surface area (Å²) >= 11 is 0. The number of rotatable bonds is 4. The van der Waals surface area contributed by atoms with E-state index in [9.17, 15) is 9.90 Å². The third-order valence-corrected chi connectivity index (χ3v) is 6.72. The zero-order valence-electron chi connectivity index (χ0n) is 19.1. The van der Waals surface area contributed by atoms with Crippen LogP contribution in [0.4, 0.5) is 0 Å². The number of fused-ring (bicyclic) bond motifs is 4. The maximum absolute atomic E-state index is 13.1. The van der Waals surface area contributed by atoms with Crippen LogP contribution in [-0.4, -0.2) is 25.2 Å². The molecule has 1 aromatic carbocycles. The highest BCUT2D eigenvalue weighted by atomic mass is 16.5. The van der Waals surface area contributed by atoms with Crippen LogP contribution in [0.5, 0.6) is 11.6 Å². The smallest absolute Gasteiger partial charge is 0.273 e. The fraction of sp³-hybridized carbons (Fsp3) is 0.385. The number of aromatic nitrogens is 3. The van der Waals surface area contributed by atoms with Gasteiger partial charge in [-0.1, -0.05) is 19.9 Å². The number of nitrogens with one attached hydrogen (secondary N) is 1. The number of H-pyrrole nitrogens is 1. The third kappa shape index (κ3) is 3.08. The molecule has 0 aliphatic carbocycles. The summed E-state index contributed by atoms with van der Waals surface area (Å²) in [5.41, 5.74) is 4.12. The number of hydrogen-bond acceptors (Lipinski definition) is 4. The Morgan fingerprint density at radius 1 is 1.38 bits per heavy atom. The lowest BCUT2D eigenvalue weighted by Crippen LogP contribution is -2.27. The van der Waals surface area contributed by atoms with Crippen molar-refractivity contribution in [1.29, 1.82) is 0 Å². The van der Waals surface area contributed by atoms with Gasteiger partial charge in [0.05, 0.1) is 11.2 Å². The Bertz CT molecular complexity index is 1360. The minimum absolute atomic E-state index is 0.0302. The van der Waals surface area contributed by atoms with E-state index in [4.69, 9.17) is 4.74 Å². The molecule has 5 rings (SSSR count). The number of allylic oxidation sites excluding steroid dienone is 1. The van der Waals surface area contributed by atoms with Gasteiger partial charge in [0.1, 0.15) is 17.0 Å². The average molecular weight is 432 g/mol. The molecular weight excluding hydrogens is 402 g/mol. The summed E-state index contributed by atoms with van der Waals surface area (Å²) < 4.78 is 7.84. The predicted molar refractivity (Wildman–Crippen MR) is 127 cm³/mol. The topological polar surface area (TPSA) is 80.1 Å². The number of hydrogen-bond donors (Lipinski definition) is 2. The van der Waals surface area contributed by atoms with Crippen LogP contribution >= 0.6 is 0 Å². The molecule has 0 unspecified atom stereocenters. The Morgan fingerprint density at radius 3 is 2.91 bits per heavy atom. The van der Waals surface area contributed by atoms with Crippen molar-refractivity contribution in [3.63, 3.8) is 0 Å². The minimum Gasteiger partial charge on any atom is -0.492 e. The summed E-state index contributed by atoms with van der Waals surface area (Å²) in [6, 6.07) is 4.04. The van der Waals surface area contributed by atoms with Crippen LogP contribution in [0.15, 0.2) is 35.7 Å². The van der Waals surface area contributed by atoms with Gasteiger partial charge in [0, 0.05) is 35.0 Å². The van der Waals surface area contributed by atoms with E-state index in [0.29, 0.717) is 30.8 Å². The van der Waals surface area contributed by atoms with Crippen molar-refractivity contribution in [2.24, 2.45) is 0 Å². The van der Waals surface area contributed by atoms with E-state index < -0.39 is 0 Å². The summed E-state index contributed by atoms with van der Waals surface area (Å²) in [7, 11) is 0. The number of benzene rings is 1. The second kappa shape index (κ2) is 6.86. The van der Waals surface area contributed by atoms with Gasteiger partial charge in [0.2, 0.25) is 5.88 Å². The molecule has 0 amide bonds. The molecule has 3 aromatic rings. The Kier molecular flexibility index (Phi) is 4.42. The Labute approximate surface area is 187 Å². The van der Waals surface area contributed by atoms with Crippen molar-refractivity contribution in [2.75, 3.05) is 0 Å². The van der Waals surface area contributed by atoms with Gasteiger partial charge in [0.25, 0.3) is 5.56 Å². The normalized spacial score (nSPS) is 16.6. The molecule has 2 N–H and O–H groups in total. The van der Waals surface area contributed by atoms with E-state index in [1.165, 1.54) is 0 Å². The quantitative estimate of drug-likeness (QED) is 0.591. The molecule has 4 heterocycles. The molecule has 2 aliphatic rings. The van der Waals surface area contributed by atoms with E-state index in [1.807, 2.05) is 32.1 Å². The molecule has 0 bridgehead atoms. The fourth-order valence-corrected chi connectivity index (χ4v) is 4.82. The van der Waals surface area contributed by atoms with Crippen LogP contribution in [0.25, 0.3) is 17.0 Å². The summed E-state index contributed by atoms with van der Waals surface area (Å²) in [5.74, 6) is 0.798. The highest BCUT2D eigenvalue weighted by Gasteiger charge is 2.30. The highest BCUT2D eigenvalue weighted by Crippen LogP contribution is 2.40. The standard InChI is InChI=1S/C26H29N3O3/c1-6-25(2,3)22-17(14-18-24(31)29-13-7-8-19(29)23(30)27-18)15-9-10-20-16(21(15)28-22)11-12-26(4,5)32-20/h6,9-12,28,30H,1,7-8,13-14H2,2-5H3. The first-order valence-corrected chi connectivity index (χ1v) is 11.1. The van der Waals surface area contributed by atoms with Gasteiger partial charge in [-0.15, -0.1) is 6.58 Å². The van der Waals surface area contributed by atoms with Crippen LogP contribution in [0.2, 0.25) is 0 Å².